The number of hydrogen-bond donors (Lipinski definition) is 0. The second-order valence-electron chi connectivity index (χ2n) is 8.92. The van der Waals surface area contributed by atoms with E-state index >= 15 is 0 Å². The first-order valence-corrected chi connectivity index (χ1v) is 10.9. The van der Waals surface area contributed by atoms with Crippen LogP contribution in [0.2, 0.25) is 0 Å². The highest BCUT2D eigenvalue weighted by Crippen LogP contribution is 2.50. The molecule has 5 heteroatoms. The van der Waals surface area contributed by atoms with Gasteiger partial charge in [0.25, 0.3) is 0 Å². The van der Waals surface area contributed by atoms with Crippen molar-refractivity contribution < 1.29 is 9.47 Å². The van der Waals surface area contributed by atoms with Crippen LogP contribution < -0.4 is 4.74 Å². The van der Waals surface area contributed by atoms with Crippen molar-refractivity contribution in [3.63, 3.8) is 0 Å². The zero-order chi connectivity index (χ0) is 23.1. The van der Waals surface area contributed by atoms with Crippen molar-refractivity contribution >= 4 is 0 Å². The molecule has 2 aromatic carbocycles. The summed E-state index contributed by atoms with van der Waals surface area (Å²) in [5.74, 6) is 0.823. The van der Waals surface area contributed by atoms with E-state index in [2.05, 4.69) is 56.1 Å². The lowest BCUT2D eigenvalue weighted by molar-refractivity contribution is -0.129. The molecule has 0 saturated heterocycles. The van der Waals surface area contributed by atoms with E-state index in [-0.39, 0.29) is 5.41 Å². The first-order valence-electron chi connectivity index (χ1n) is 10.9. The first-order chi connectivity index (χ1) is 15.4. The maximum Gasteiger partial charge on any atom is 0.156 e. The third-order valence-electron chi connectivity index (χ3n) is 6.09. The lowest BCUT2D eigenvalue weighted by Gasteiger charge is -2.54. The van der Waals surface area contributed by atoms with Gasteiger partial charge in [-0.2, -0.15) is 5.10 Å². The molecule has 2 unspecified atom stereocenters. The van der Waals surface area contributed by atoms with Gasteiger partial charge in [0.1, 0.15) is 23.9 Å². The summed E-state index contributed by atoms with van der Waals surface area (Å²) in [6.07, 6.45) is 7.96. The zero-order valence-electron chi connectivity index (χ0n) is 19.3. The fourth-order valence-electron chi connectivity index (χ4n) is 4.65. The molecule has 32 heavy (non-hydrogen) atoms. The molecule has 0 fully saturated rings. The Morgan fingerprint density at radius 1 is 0.969 bits per heavy atom. The Morgan fingerprint density at radius 3 is 2.16 bits per heavy atom. The number of hydrogen-bond acceptors (Lipinski definition) is 4. The van der Waals surface area contributed by atoms with Crippen LogP contribution in [0, 0.1) is 5.41 Å². The van der Waals surface area contributed by atoms with E-state index in [0.29, 0.717) is 19.4 Å². The molecule has 0 aliphatic heterocycles. The van der Waals surface area contributed by atoms with Gasteiger partial charge in [-0.1, -0.05) is 82.5 Å². The summed E-state index contributed by atoms with van der Waals surface area (Å²) in [6, 6.07) is 20.2. The number of nitrogens with zero attached hydrogens (tertiary/aromatic N) is 3. The van der Waals surface area contributed by atoms with E-state index in [1.165, 1.54) is 6.26 Å². The largest absolute Gasteiger partial charge is 0.494 e. The van der Waals surface area contributed by atoms with E-state index in [0.717, 1.165) is 11.3 Å². The predicted octanol–water partition coefficient (Wildman–Crippen LogP) is 5.82. The average molecular weight is 432 g/mol. The zero-order valence-corrected chi connectivity index (χ0v) is 19.3. The molecule has 0 N–H and O–H groups in total. The molecule has 1 aromatic heterocycles. The summed E-state index contributed by atoms with van der Waals surface area (Å²) in [4.78, 5) is 4.28. The van der Waals surface area contributed by atoms with Gasteiger partial charge >= 0.3 is 0 Å². The van der Waals surface area contributed by atoms with Crippen molar-refractivity contribution in [2.45, 2.75) is 44.8 Å². The Labute approximate surface area is 191 Å². The molecule has 0 spiro atoms. The highest BCUT2D eigenvalue weighted by molar-refractivity contribution is 5.26. The monoisotopic (exact) mass is 431 g/mol. The van der Waals surface area contributed by atoms with Gasteiger partial charge in [-0.05, 0) is 23.8 Å². The second kappa shape index (κ2) is 9.86. The normalized spacial score (nSPS) is 15.2. The Balaban J connectivity index is 2.15. The summed E-state index contributed by atoms with van der Waals surface area (Å²) in [5, 5.41) is 4.61. The number of rotatable bonds is 11. The molecule has 168 valence electrons. The number of benzene rings is 2. The van der Waals surface area contributed by atoms with Crippen molar-refractivity contribution in [1.82, 2.24) is 14.8 Å². The Hall–Kier alpha value is -3.34. The maximum absolute atomic E-state index is 6.41. The number of para-hydroxylation sites is 1. The quantitative estimate of drug-likeness (QED) is 0.284. The number of aromatic nitrogens is 3. The van der Waals surface area contributed by atoms with Gasteiger partial charge in [-0.15, -0.1) is 0 Å². The standard InChI is InChI=1S/C27H33N3O2/c1-6-27(32-7-2,25(3,4)5)26(30-22-28-21-29-30,20-23-14-10-8-11-15-23)18-19-31-24-16-12-9-13-17-24/h6-17,21-22H,1-2,18-20H2,3-5H3. The summed E-state index contributed by atoms with van der Waals surface area (Å²) < 4.78 is 14.5. The minimum absolute atomic E-state index is 0.351. The van der Waals surface area contributed by atoms with Crippen LogP contribution in [0.5, 0.6) is 5.75 Å². The van der Waals surface area contributed by atoms with Crippen molar-refractivity contribution in [2.75, 3.05) is 6.61 Å². The van der Waals surface area contributed by atoms with Crippen molar-refractivity contribution in [2.24, 2.45) is 5.41 Å². The molecule has 5 nitrogen and oxygen atoms in total. The summed E-state index contributed by atoms with van der Waals surface area (Å²) >= 11 is 0. The van der Waals surface area contributed by atoms with Crippen LogP contribution in [0.4, 0.5) is 0 Å². The highest BCUT2D eigenvalue weighted by atomic mass is 16.5. The maximum atomic E-state index is 6.41. The van der Waals surface area contributed by atoms with Crippen molar-refractivity contribution in [3.05, 3.63) is 104 Å². The van der Waals surface area contributed by atoms with Crippen LogP contribution in [0.25, 0.3) is 0 Å². The molecule has 1 heterocycles. The minimum atomic E-state index is -0.856. The van der Waals surface area contributed by atoms with Crippen LogP contribution in [0.15, 0.2) is 98.8 Å². The fourth-order valence-corrected chi connectivity index (χ4v) is 4.65. The van der Waals surface area contributed by atoms with Gasteiger partial charge in [0.05, 0.1) is 12.9 Å². The minimum Gasteiger partial charge on any atom is -0.494 e. The molecule has 0 aliphatic carbocycles. The molecule has 0 amide bonds. The van der Waals surface area contributed by atoms with Crippen LogP contribution >= 0.6 is 0 Å². The van der Waals surface area contributed by atoms with Gasteiger partial charge in [0.15, 0.2) is 5.60 Å². The van der Waals surface area contributed by atoms with Crippen LogP contribution in [-0.2, 0) is 16.7 Å². The Morgan fingerprint density at radius 2 is 1.62 bits per heavy atom. The molecule has 0 bridgehead atoms. The molecular weight excluding hydrogens is 398 g/mol. The van der Waals surface area contributed by atoms with Crippen molar-refractivity contribution in [3.8, 4) is 5.75 Å². The third kappa shape index (κ3) is 4.47. The van der Waals surface area contributed by atoms with Crippen LogP contribution in [-0.4, -0.2) is 27.0 Å². The molecule has 0 radical (unpaired) electrons. The third-order valence-corrected chi connectivity index (χ3v) is 6.09. The summed E-state index contributed by atoms with van der Waals surface area (Å²) in [6.45, 7) is 15.0. The fraction of sp³-hybridized carbons (Fsp3) is 0.333. The molecular formula is C27H33N3O2. The SMILES string of the molecule is C=COC(C=C)(C(C)(C)C)C(CCOc1ccccc1)(Cc1ccccc1)n1cncn1. The van der Waals surface area contributed by atoms with E-state index in [1.807, 2.05) is 59.3 Å². The van der Waals surface area contributed by atoms with Crippen LogP contribution in [0.1, 0.15) is 32.8 Å². The molecule has 3 rings (SSSR count). The molecule has 2 atom stereocenters. The van der Waals surface area contributed by atoms with Crippen molar-refractivity contribution in [1.29, 1.82) is 0 Å². The van der Waals surface area contributed by atoms with Gasteiger partial charge in [0.2, 0.25) is 0 Å². The Bertz CT molecular complexity index is 981. The van der Waals surface area contributed by atoms with E-state index in [1.54, 1.807) is 12.7 Å². The van der Waals surface area contributed by atoms with Gasteiger partial charge in [-0.3, -0.25) is 0 Å². The van der Waals surface area contributed by atoms with Crippen LogP contribution in [0.3, 0.4) is 0 Å². The molecule has 3 aromatic rings. The van der Waals surface area contributed by atoms with E-state index in [4.69, 9.17) is 9.47 Å². The second-order valence-corrected chi connectivity index (χ2v) is 8.92. The van der Waals surface area contributed by atoms with Gasteiger partial charge < -0.3 is 9.47 Å². The van der Waals surface area contributed by atoms with E-state index in [9.17, 15) is 0 Å². The smallest absolute Gasteiger partial charge is 0.156 e. The lowest BCUT2D eigenvalue weighted by atomic mass is 9.61. The van der Waals surface area contributed by atoms with Gasteiger partial charge in [0, 0.05) is 18.3 Å². The highest BCUT2D eigenvalue weighted by Gasteiger charge is 2.59. The topological polar surface area (TPSA) is 49.2 Å². The first kappa shape index (κ1) is 23.3. The predicted molar refractivity (Wildman–Crippen MR) is 128 cm³/mol. The lowest BCUT2D eigenvalue weighted by Crippen LogP contribution is -2.63. The molecule has 0 saturated carbocycles. The Kier molecular flexibility index (Phi) is 7.18. The van der Waals surface area contributed by atoms with Gasteiger partial charge in [-0.25, -0.2) is 9.67 Å². The molecule has 0 aliphatic rings. The van der Waals surface area contributed by atoms with E-state index < -0.39 is 11.1 Å². The summed E-state index contributed by atoms with van der Waals surface area (Å²) in [7, 11) is 0. The number of ether oxygens (including phenoxy) is 2. The average Bonchev–Trinajstić information content (AvgIpc) is 3.33. The summed E-state index contributed by atoms with van der Waals surface area (Å²) in [5.41, 5.74) is -0.735.